The smallest absolute Gasteiger partial charge is 0.437 e. The molecule has 0 spiro atoms. The SMILES string of the molecule is Cc1cccc(C(C)(C)c2ccc(OC(=O)Oc3ccc(CCC[Si](C)(C)O[Si](C)(C)O[Si](C)(C)CCCc4ccc(OC(=O)Oc5ccc(C(C)(C)c6ccc(C)c(C)c6)cc5C)c(CO)c4)cc3CO)c(C)c2)c1. The third kappa shape index (κ3) is 16.0. The first-order valence-corrected chi connectivity index (χ1v) is 35.7. The Bertz CT molecular complexity index is 3010. The highest BCUT2D eigenvalue weighted by Crippen LogP contribution is 2.37. The summed E-state index contributed by atoms with van der Waals surface area (Å²) in [6, 6.07) is 39.7. The van der Waals surface area contributed by atoms with Gasteiger partial charge in [0.05, 0.1) is 13.2 Å². The Morgan fingerprint density at radius 2 is 0.829 bits per heavy atom. The van der Waals surface area contributed by atoms with Gasteiger partial charge >= 0.3 is 20.9 Å². The summed E-state index contributed by atoms with van der Waals surface area (Å²) in [4.78, 5) is 26.1. The third-order valence-electron chi connectivity index (χ3n) is 14.7. The van der Waals surface area contributed by atoms with Gasteiger partial charge in [-0.25, -0.2) is 9.59 Å². The first-order valence-electron chi connectivity index (χ1n) is 26.6. The molecule has 0 saturated heterocycles. The number of hydrogen-bond donors (Lipinski definition) is 2. The molecular weight excluding hydrogens is 1000 g/mol. The number of aliphatic hydroxyl groups excluding tert-OH is 2. The van der Waals surface area contributed by atoms with Crippen LogP contribution in [0.1, 0.15) is 113 Å². The minimum Gasteiger partial charge on any atom is -0.437 e. The van der Waals surface area contributed by atoms with Crippen LogP contribution in [0.4, 0.5) is 9.59 Å². The van der Waals surface area contributed by atoms with Crippen LogP contribution in [-0.2, 0) is 45.1 Å². The standard InChI is InChI=1S/C63H82O10Si3/c1-43-19-16-22-52(35-43)62(6,7)54-27-31-56(46(4)37-54)68-60(66)70-58-29-24-48(39-50(58)41-64)20-17-33-74(10,11)72-76(14,15)73-75(12,13)34-18-21-49-25-30-59(51(40-49)42-65)71-61(67)69-57-32-28-55(38-47(57)5)63(8,9)53-26-23-44(2)45(3)36-53/h16,19,22-32,35-40,64-65H,17-18,20-21,33-34,41-42H2,1-15H3. The Morgan fingerprint density at radius 3 is 1.22 bits per heavy atom. The molecule has 406 valence electrons. The summed E-state index contributed by atoms with van der Waals surface area (Å²) in [5.74, 6) is 1.36. The van der Waals surface area contributed by atoms with E-state index in [9.17, 15) is 19.8 Å². The fraction of sp³-hybridized carbons (Fsp3) is 0.397. The quantitative estimate of drug-likeness (QED) is 0.0385. The number of rotatable bonds is 22. The van der Waals surface area contributed by atoms with E-state index < -0.39 is 37.5 Å². The van der Waals surface area contributed by atoms with Gasteiger partial charge in [-0.2, -0.15) is 0 Å². The van der Waals surface area contributed by atoms with E-state index in [1.54, 1.807) is 18.2 Å². The summed E-state index contributed by atoms with van der Waals surface area (Å²) in [6.07, 6.45) is 1.63. The van der Waals surface area contributed by atoms with Gasteiger partial charge < -0.3 is 37.4 Å². The zero-order valence-electron chi connectivity index (χ0n) is 47.8. The number of hydrogen-bond acceptors (Lipinski definition) is 10. The van der Waals surface area contributed by atoms with Crippen LogP contribution in [0.5, 0.6) is 23.0 Å². The highest BCUT2D eigenvalue weighted by molar-refractivity contribution is 6.87. The normalized spacial score (nSPS) is 12.4. The van der Waals surface area contributed by atoms with E-state index in [-0.39, 0.29) is 35.5 Å². The lowest BCUT2D eigenvalue weighted by Gasteiger charge is -2.39. The van der Waals surface area contributed by atoms with Gasteiger partial charge in [-0.15, -0.1) is 0 Å². The lowest BCUT2D eigenvalue weighted by Crippen LogP contribution is -2.52. The molecule has 6 rings (SSSR count). The van der Waals surface area contributed by atoms with Gasteiger partial charge in [0.2, 0.25) is 0 Å². The molecule has 0 aromatic heterocycles. The summed E-state index contributed by atoms with van der Waals surface area (Å²) in [5, 5.41) is 20.5. The molecule has 6 aromatic rings. The average molecular weight is 1080 g/mol. The maximum absolute atomic E-state index is 13.0. The van der Waals surface area contributed by atoms with Crippen molar-refractivity contribution in [3.8, 4) is 23.0 Å². The zero-order valence-corrected chi connectivity index (χ0v) is 50.8. The van der Waals surface area contributed by atoms with E-state index in [4.69, 9.17) is 27.2 Å². The molecule has 0 aliphatic heterocycles. The summed E-state index contributed by atoms with van der Waals surface area (Å²) < 4.78 is 36.5. The first kappa shape index (κ1) is 59.6. The summed E-state index contributed by atoms with van der Waals surface area (Å²) in [6.45, 7) is 31.6. The molecule has 0 bridgehead atoms. The predicted molar refractivity (Wildman–Crippen MR) is 313 cm³/mol. The molecule has 0 atom stereocenters. The van der Waals surface area contributed by atoms with Gasteiger partial charge in [-0.1, -0.05) is 112 Å². The first-order chi connectivity index (χ1) is 35.6. The lowest BCUT2D eigenvalue weighted by atomic mass is 9.77. The fourth-order valence-corrected chi connectivity index (χ4v) is 24.2. The second-order valence-corrected chi connectivity index (χ2v) is 35.8. The van der Waals surface area contributed by atoms with Crippen molar-refractivity contribution in [2.45, 2.75) is 163 Å². The van der Waals surface area contributed by atoms with Gasteiger partial charge in [-0.05, 0) is 204 Å². The fourth-order valence-electron chi connectivity index (χ4n) is 10.1. The number of benzene rings is 6. The van der Waals surface area contributed by atoms with Gasteiger partial charge in [0.1, 0.15) is 23.0 Å². The van der Waals surface area contributed by atoms with Crippen LogP contribution in [-0.4, -0.2) is 47.7 Å². The van der Waals surface area contributed by atoms with Crippen molar-refractivity contribution in [3.63, 3.8) is 0 Å². The van der Waals surface area contributed by atoms with E-state index >= 15 is 0 Å². The second kappa shape index (κ2) is 24.8. The van der Waals surface area contributed by atoms with Crippen LogP contribution >= 0.6 is 0 Å². The minimum atomic E-state index is -2.49. The van der Waals surface area contributed by atoms with E-state index in [1.165, 1.54) is 27.8 Å². The van der Waals surface area contributed by atoms with Gasteiger partial charge in [-0.3, -0.25) is 0 Å². The van der Waals surface area contributed by atoms with E-state index in [0.29, 0.717) is 22.6 Å². The maximum Gasteiger partial charge on any atom is 0.519 e. The Morgan fingerprint density at radius 1 is 0.447 bits per heavy atom. The molecule has 0 aliphatic rings. The maximum atomic E-state index is 13.0. The Balaban J connectivity index is 0.940. The van der Waals surface area contributed by atoms with Crippen molar-refractivity contribution in [1.29, 1.82) is 0 Å². The van der Waals surface area contributed by atoms with Gasteiger partial charge in [0.25, 0.3) is 0 Å². The molecule has 0 heterocycles. The molecule has 0 amide bonds. The number of ether oxygens (including phenoxy) is 4. The lowest BCUT2D eigenvalue weighted by molar-refractivity contribution is 0.148. The summed E-state index contributed by atoms with van der Waals surface area (Å²) in [7, 11) is -6.75. The molecule has 2 N–H and O–H groups in total. The second-order valence-electron chi connectivity index (χ2n) is 23.3. The molecule has 76 heavy (non-hydrogen) atoms. The predicted octanol–water partition coefficient (Wildman–Crippen LogP) is 15.7. The van der Waals surface area contributed by atoms with Gasteiger partial charge in [0.15, 0.2) is 16.6 Å². The Labute approximate surface area is 456 Å². The molecule has 13 heteroatoms. The molecular formula is C63H82O10Si3. The zero-order chi connectivity index (χ0) is 55.8. The average Bonchev–Trinajstić information content (AvgIpc) is 3.33. The molecule has 6 aromatic carbocycles. The highest BCUT2D eigenvalue weighted by atomic mass is 28.5. The number of carbonyl (C=O) groups is 2. The number of aliphatic hydroxyl groups is 2. The number of carbonyl (C=O) groups excluding carboxylic acids is 2. The molecule has 0 unspecified atom stereocenters. The van der Waals surface area contributed by atoms with Crippen LogP contribution in [0, 0.1) is 34.6 Å². The van der Waals surface area contributed by atoms with E-state index in [2.05, 4.69) is 136 Å². The summed E-state index contributed by atoms with van der Waals surface area (Å²) >= 11 is 0. The van der Waals surface area contributed by atoms with Crippen LogP contribution in [0.15, 0.2) is 115 Å². The van der Waals surface area contributed by atoms with Crippen molar-refractivity contribution < 1.29 is 47.0 Å². The topological polar surface area (TPSA) is 130 Å². The molecule has 0 radical (unpaired) electrons. The monoisotopic (exact) mass is 1080 g/mol. The molecule has 0 saturated carbocycles. The van der Waals surface area contributed by atoms with Crippen molar-refractivity contribution in [2.75, 3.05) is 0 Å². The minimum absolute atomic E-state index is 0.242. The Hall–Kier alpha value is -5.65. The molecule has 0 aliphatic carbocycles. The van der Waals surface area contributed by atoms with Crippen molar-refractivity contribution in [1.82, 2.24) is 0 Å². The summed E-state index contributed by atoms with van der Waals surface area (Å²) in [5.41, 5.74) is 12.6. The van der Waals surface area contributed by atoms with Crippen LogP contribution in [0.25, 0.3) is 0 Å². The molecule has 10 nitrogen and oxygen atoms in total. The largest absolute Gasteiger partial charge is 0.519 e. The van der Waals surface area contributed by atoms with Crippen LogP contribution in [0.2, 0.25) is 51.4 Å². The molecule has 0 fully saturated rings. The number of aryl methyl sites for hydroxylation is 7. The van der Waals surface area contributed by atoms with Crippen molar-refractivity contribution >= 4 is 37.5 Å². The van der Waals surface area contributed by atoms with E-state index in [1.807, 2.05) is 62.4 Å². The van der Waals surface area contributed by atoms with Crippen molar-refractivity contribution in [2.24, 2.45) is 0 Å². The highest BCUT2D eigenvalue weighted by Gasteiger charge is 2.39. The van der Waals surface area contributed by atoms with E-state index in [0.717, 1.165) is 71.2 Å². The Kier molecular flexibility index (Phi) is 19.4. The third-order valence-corrected chi connectivity index (χ3v) is 26.1. The van der Waals surface area contributed by atoms with Gasteiger partial charge in [0, 0.05) is 22.0 Å². The van der Waals surface area contributed by atoms with Crippen molar-refractivity contribution in [3.05, 3.63) is 188 Å². The van der Waals surface area contributed by atoms with Crippen LogP contribution in [0.3, 0.4) is 0 Å². The van der Waals surface area contributed by atoms with Crippen LogP contribution < -0.4 is 18.9 Å².